The molecule has 2 rings (SSSR count). The Morgan fingerprint density at radius 1 is 0.842 bits per heavy atom. The molecule has 0 fully saturated rings. The molecule has 0 aliphatic carbocycles. The van der Waals surface area contributed by atoms with E-state index in [4.69, 9.17) is 0 Å². The average molecular weight is 384 g/mol. The van der Waals surface area contributed by atoms with Crippen molar-refractivity contribution in [2.45, 2.75) is 26.9 Å². The van der Waals surface area contributed by atoms with Gasteiger partial charge in [0.15, 0.2) is 0 Å². The van der Waals surface area contributed by atoms with E-state index in [-0.39, 0.29) is 0 Å². The number of benzene rings is 2. The van der Waals surface area contributed by atoms with E-state index < -0.39 is 6.10 Å². The molecule has 3 heteroatoms. The Balaban J connectivity index is 2.49. The number of aliphatic hydroxyl groups excluding tert-OH is 1. The number of hydrogen-bond acceptors (Lipinski definition) is 1. The predicted octanol–water partition coefficient (Wildman–Crippen LogP) is 5.22. The van der Waals surface area contributed by atoms with Crippen molar-refractivity contribution in [2.75, 3.05) is 0 Å². The van der Waals surface area contributed by atoms with Crippen LogP contribution in [0.15, 0.2) is 39.3 Å². The molecule has 0 heterocycles. The zero-order valence-electron chi connectivity index (χ0n) is 11.2. The number of hydrogen-bond donors (Lipinski definition) is 1. The molecule has 100 valence electrons. The van der Waals surface area contributed by atoms with Gasteiger partial charge in [-0.2, -0.15) is 0 Å². The summed E-state index contributed by atoms with van der Waals surface area (Å²) in [5.74, 6) is 0. The highest BCUT2D eigenvalue weighted by molar-refractivity contribution is 9.10. The first-order valence-electron chi connectivity index (χ1n) is 6.11. The summed E-state index contributed by atoms with van der Waals surface area (Å²) in [6, 6.07) is 10.1. The second-order valence-electron chi connectivity index (χ2n) is 4.86. The van der Waals surface area contributed by atoms with E-state index in [0.717, 1.165) is 36.8 Å². The molecule has 19 heavy (non-hydrogen) atoms. The monoisotopic (exact) mass is 382 g/mol. The van der Waals surface area contributed by atoms with Gasteiger partial charge in [-0.3, -0.25) is 0 Å². The molecule has 1 N–H and O–H groups in total. The van der Waals surface area contributed by atoms with Gasteiger partial charge in [-0.1, -0.05) is 44.0 Å². The highest BCUT2D eigenvalue weighted by Crippen LogP contribution is 2.31. The first-order valence-corrected chi connectivity index (χ1v) is 7.69. The molecular weight excluding hydrogens is 368 g/mol. The van der Waals surface area contributed by atoms with Crippen molar-refractivity contribution >= 4 is 31.9 Å². The molecule has 0 radical (unpaired) electrons. The zero-order chi connectivity index (χ0) is 14.2. The van der Waals surface area contributed by atoms with Crippen molar-refractivity contribution in [3.63, 3.8) is 0 Å². The van der Waals surface area contributed by atoms with Crippen molar-refractivity contribution in [2.24, 2.45) is 0 Å². The van der Waals surface area contributed by atoms with E-state index in [1.165, 1.54) is 0 Å². The van der Waals surface area contributed by atoms with Gasteiger partial charge in [-0.15, -0.1) is 0 Å². The number of aliphatic hydroxyl groups is 1. The Bertz CT molecular complexity index is 620. The fraction of sp³-hybridized carbons (Fsp3) is 0.250. The highest BCUT2D eigenvalue weighted by Gasteiger charge is 2.16. The first kappa shape index (κ1) is 14.8. The van der Waals surface area contributed by atoms with Crippen LogP contribution in [0.3, 0.4) is 0 Å². The summed E-state index contributed by atoms with van der Waals surface area (Å²) in [4.78, 5) is 0. The molecule has 0 aromatic heterocycles. The smallest absolute Gasteiger partial charge is 0.105 e. The standard InChI is InChI=1S/C16H16Br2O/c1-9-6-12(17)4-5-13(9)16(19)14-7-11(3)15(18)8-10(14)2/h4-8,16,19H,1-3H3. The summed E-state index contributed by atoms with van der Waals surface area (Å²) >= 11 is 6.97. The van der Waals surface area contributed by atoms with Gasteiger partial charge in [0.2, 0.25) is 0 Å². The van der Waals surface area contributed by atoms with E-state index in [1.54, 1.807) is 0 Å². The van der Waals surface area contributed by atoms with E-state index in [9.17, 15) is 5.11 Å². The molecule has 1 nitrogen and oxygen atoms in total. The van der Waals surface area contributed by atoms with Crippen LogP contribution in [0.5, 0.6) is 0 Å². The summed E-state index contributed by atoms with van der Waals surface area (Å²) in [5, 5.41) is 10.6. The van der Waals surface area contributed by atoms with Crippen molar-refractivity contribution in [3.05, 3.63) is 67.1 Å². The van der Waals surface area contributed by atoms with E-state index in [2.05, 4.69) is 37.9 Å². The van der Waals surface area contributed by atoms with E-state index in [0.29, 0.717) is 0 Å². The normalized spacial score (nSPS) is 12.5. The molecule has 1 atom stereocenters. The van der Waals surface area contributed by atoms with Gasteiger partial charge in [0.1, 0.15) is 6.10 Å². The second-order valence-corrected chi connectivity index (χ2v) is 6.63. The topological polar surface area (TPSA) is 20.2 Å². The quantitative estimate of drug-likeness (QED) is 0.753. The van der Waals surface area contributed by atoms with Crippen LogP contribution in [0, 0.1) is 20.8 Å². The maximum Gasteiger partial charge on any atom is 0.105 e. The molecule has 2 aromatic rings. The van der Waals surface area contributed by atoms with Crippen LogP contribution >= 0.6 is 31.9 Å². The molecule has 0 aliphatic heterocycles. The van der Waals surface area contributed by atoms with Gasteiger partial charge in [-0.25, -0.2) is 0 Å². The lowest BCUT2D eigenvalue weighted by Crippen LogP contribution is -2.04. The number of rotatable bonds is 2. The highest BCUT2D eigenvalue weighted by atomic mass is 79.9. The lowest BCUT2D eigenvalue weighted by Gasteiger charge is -2.18. The van der Waals surface area contributed by atoms with E-state index >= 15 is 0 Å². The Labute approximate surface area is 130 Å². The summed E-state index contributed by atoms with van der Waals surface area (Å²) in [6.45, 7) is 6.08. The minimum Gasteiger partial charge on any atom is -0.384 e. The molecule has 0 bridgehead atoms. The third-order valence-corrected chi connectivity index (χ3v) is 4.72. The van der Waals surface area contributed by atoms with Crippen LogP contribution in [-0.4, -0.2) is 5.11 Å². The Hall–Kier alpha value is -0.640. The van der Waals surface area contributed by atoms with E-state index in [1.807, 2.05) is 45.0 Å². The Kier molecular flexibility index (Phi) is 4.49. The Morgan fingerprint density at radius 3 is 2.11 bits per heavy atom. The summed E-state index contributed by atoms with van der Waals surface area (Å²) < 4.78 is 2.11. The number of halogens is 2. The minimum atomic E-state index is -0.583. The van der Waals surface area contributed by atoms with Gasteiger partial charge in [0, 0.05) is 8.95 Å². The molecule has 1 unspecified atom stereocenters. The lowest BCUT2D eigenvalue weighted by atomic mass is 9.93. The van der Waals surface area contributed by atoms with Gasteiger partial charge in [-0.05, 0) is 66.8 Å². The molecule has 0 saturated heterocycles. The van der Waals surface area contributed by atoms with Crippen LogP contribution in [0.25, 0.3) is 0 Å². The molecule has 0 aliphatic rings. The first-order chi connectivity index (χ1) is 8.90. The summed E-state index contributed by atoms with van der Waals surface area (Å²) in [6.07, 6.45) is -0.583. The van der Waals surface area contributed by atoms with Gasteiger partial charge in [0.25, 0.3) is 0 Å². The van der Waals surface area contributed by atoms with Crippen LogP contribution in [0.4, 0.5) is 0 Å². The van der Waals surface area contributed by atoms with Crippen LogP contribution < -0.4 is 0 Å². The lowest BCUT2D eigenvalue weighted by molar-refractivity contribution is 0.218. The van der Waals surface area contributed by atoms with Crippen LogP contribution in [0.1, 0.15) is 33.9 Å². The van der Waals surface area contributed by atoms with Crippen molar-refractivity contribution in [1.82, 2.24) is 0 Å². The maximum absolute atomic E-state index is 10.6. The number of aryl methyl sites for hydroxylation is 3. The predicted molar refractivity (Wildman–Crippen MR) is 86.6 cm³/mol. The van der Waals surface area contributed by atoms with Crippen molar-refractivity contribution in [1.29, 1.82) is 0 Å². The largest absolute Gasteiger partial charge is 0.384 e. The average Bonchev–Trinajstić information content (AvgIpc) is 2.33. The molecule has 0 spiro atoms. The van der Waals surface area contributed by atoms with Crippen molar-refractivity contribution in [3.8, 4) is 0 Å². The second kappa shape index (κ2) is 5.78. The molecule has 2 aromatic carbocycles. The van der Waals surface area contributed by atoms with Gasteiger partial charge in [0.05, 0.1) is 0 Å². The van der Waals surface area contributed by atoms with Gasteiger partial charge >= 0.3 is 0 Å². The van der Waals surface area contributed by atoms with Gasteiger partial charge < -0.3 is 5.11 Å². The third-order valence-electron chi connectivity index (χ3n) is 3.37. The molecule has 0 amide bonds. The maximum atomic E-state index is 10.6. The fourth-order valence-electron chi connectivity index (χ4n) is 2.21. The third kappa shape index (κ3) is 3.10. The molecule has 0 saturated carbocycles. The zero-order valence-corrected chi connectivity index (χ0v) is 14.3. The minimum absolute atomic E-state index is 0.583. The van der Waals surface area contributed by atoms with Crippen LogP contribution in [0.2, 0.25) is 0 Å². The SMILES string of the molecule is Cc1cc(C(O)c2ccc(Br)cc2C)c(C)cc1Br. The fourth-order valence-corrected chi connectivity index (χ4v) is 3.14. The molecular formula is C16H16Br2O. The summed E-state index contributed by atoms with van der Waals surface area (Å²) in [7, 11) is 0. The summed E-state index contributed by atoms with van der Waals surface area (Å²) in [5.41, 5.74) is 5.22. The Morgan fingerprint density at radius 2 is 1.47 bits per heavy atom. The van der Waals surface area contributed by atoms with Crippen LogP contribution in [-0.2, 0) is 0 Å². The van der Waals surface area contributed by atoms with Crippen molar-refractivity contribution < 1.29 is 5.11 Å².